The molecule has 0 radical (unpaired) electrons. The van der Waals surface area contributed by atoms with Gasteiger partial charge in [-0.1, -0.05) is 15.9 Å². The SMILES string of the molecule is C[C@@H](O)[C@@H](N)c1cc(Br)ccc1OC(F)(F)F. The first-order valence-electron chi connectivity index (χ1n) is 4.69. The van der Waals surface area contributed by atoms with E-state index in [0.717, 1.165) is 6.07 Å². The Morgan fingerprint density at radius 1 is 1.41 bits per heavy atom. The standard InChI is InChI=1S/C10H11BrF3NO2/c1-5(16)9(15)7-4-6(11)2-3-8(7)17-10(12,13)14/h2-5,9,16H,15H2,1H3/t5-,9-/m1/s1. The van der Waals surface area contributed by atoms with Gasteiger partial charge < -0.3 is 15.6 Å². The highest BCUT2D eigenvalue weighted by Gasteiger charge is 2.33. The highest BCUT2D eigenvalue weighted by Crippen LogP contribution is 2.32. The highest BCUT2D eigenvalue weighted by atomic mass is 79.9. The van der Waals surface area contributed by atoms with Gasteiger partial charge in [0.05, 0.1) is 12.1 Å². The summed E-state index contributed by atoms with van der Waals surface area (Å²) in [6.45, 7) is 1.39. The van der Waals surface area contributed by atoms with Gasteiger partial charge in [0.25, 0.3) is 0 Å². The fourth-order valence-corrected chi connectivity index (χ4v) is 1.64. The number of aliphatic hydroxyl groups excluding tert-OH is 1. The first kappa shape index (κ1) is 14.3. The zero-order valence-electron chi connectivity index (χ0n) is 8.83. The molecule has 0 amide bonds. The summed E-state index contributed by atoms with van der Waals surface area (Å²) in [5.74, 6) is -0.408. The van der Waals surface area contributed by atoms with Gasteiger partial charge in [0.2, 0.25) is 0 Å². The fourth-order valence-electron chi connectivity index (χ4n) is 1.26. The number of benzene rings is 1. The molecule has 1 aromatic rings. The summed E-state index contributed by atoms with van der Waals surface area (Å²) in [6.07, 6.45) is -5.78. The molecule has 7 heteroatoms. The number of halogens is 4. The average Bonchev–Trinajstić information content (AvgIpc) is 2.17. The number of hydrogen-bond acceptors (Lipinski definition) is 3. The Morgan fingerprint density at radius 2 is 2.00 bits per heavy atom. The van der Waals surface area contributed by atoms with Crippen molar-refractivity contribution in [1.29, 1.82) is 0 Å². The minimum absolute atomic E-state index is 0.0895. The normalized spacial score (nSPS) is 15.5. The van der Waals surface area contributed by atoms with Crippen LogP contribution in [0.1, 0.15) is 18.5 Å². The van der Waals surface area contributed by atoms with E-state index in [-0.39, 0.29) is 5.56 Å². The molecule has 0 heterocycles. The smallest absolute Gasteiger partial charge is 0.405 e. The van der Waals surface area contributed by atoms with Crippen LogP contribution in [0, 0.1) is 0 Å². The maximum Gasteiger partial charge on any atom is 0.573 e. The molecule has 17 heavy (non-hydrogen) atoms. The topological polar surface area (TPSA) is 55.5 Å². The van der Waals surface area contributed by atoms with Crippen LogP contribution in [0.2, 0.25) is 0 Å². The van der Waals surface area contributed by atoms with Gasteiger partial charge in [0, 0.05) is 10.0 Å². The molecule has 96 valence electrons. The van der Waals surface area contributed by atoms with Gasteiger partial charge in [-0.05, 0) is 25.1 Å². The first-order valence-corrected chi connectivity index (χ1v) is 5.49. The van der Waals surface area contributed by atoms with Gasteiger partial charge in [0.1, 0.15) is 5.75 Å². The van der Waals surface area contributed by atoms with Crippen molar-refractivity contribution in [1.82, 2.24) is 0 Å². The number of rotatable bonds is 3. The maximum absolute atomic E-state index is 12.1. The summed E-state index contributed by atoms with van der Waals surface area (Å²) in [7, 11) is 0. The van der Waals surface area contributed by atoms with Crippen LogP contribution in [-0.2, 0) is 0 Å². The van der Waals surface area contributed by atoms with Crippen LogP contribution in [0.5, 0.6) is 5.75 Å². The van der Waals surface area contributed by atoms with E-state index < -0.39 is 24.3 Å². The van der Waals surface area contributed by atoms with Crippen LogP contribution >= 0.6 is 15.9 Å². The minimum atomic E-state index is -4.79. The number of nitrogens with two attached hydrogens (primary N) is 1. The van der Waals surface area contributed by atoms with Gasteiger partial charge in [-0.2, -0.15) is 0 Å². The second-order valence-electron chi connectivity index (χ2n) is 3.50. The van der Waals surface area contributed by atoms with Gasteiger partial charge in [0.15, 0.2) is 0 Å². The molecule has 0 fully saturated rings. The van der Waals surface area contributed by atoms with Crippen molar-refractivity contribution in [2.75, 3.05) is 0 Å². The van der Waals surface area contributed by atoms with Crippen LogP contribution in [0.15, 0.2) is 22.7 Å². The molecule has 1 rings (SSSR count). The minimum Gasteiger partial charge on any atom is -0.405 e. The Hall–Kier alpha value is -0.790. The third-order valence-corrected chi connectivity index (χ3v) is 2.57. The lowest BCUT2D eigenvalue weighted by molar-refractivity contribution is -0.275. The predicted molar refractivity (Wildman–Crippen MR) is 59.4 cm³/mol. The maximum atomic E-state index is 12.1. The van der Waals surface area contributed by atoms with E-state index in [1.165, 1.54) is 19.1 Å². The predicted octanol–water partition coefficient (Wildman–Crippen LogP) is 2.73. The van der Waals surface area contributed by atoms with E-state index in [9.17, 15) is 18.3 Å². The summed E-state index contributed by atoms with van der Waals surface area (Å²) < 4.78 is 40.8. The first-order chi connectivity index (χ1) is 7.70. The molecule has 2 atom stereocenters. The molecule has 0 aliphatic heterocycles. The Bertz CT molecular complexity index is 396. The van der Waals surface area contributed by atoms with E-state index in [2.05, 4.69) is 20.7 Å². The van der Waals surface area contributed by atoms with Gasteiger partial charge in [-0.3, -0.25) is 0 Å². The lowest BCUT2D eigenvalue weighted by Gasteiger charge is -2.20. The Kier molecular flexibility index (Phi) is 4.40. The Morgan fingerprint density at radius 3 is 2.47 bits per heavy atom. The van der Waals surface area contributed by atoms with E-state index >= 15 is 0 Å². The second-order valence-corrected chi connectivity index (χ2v) is 4.41. The molecule has 0 saturated carbocycles. The third kappa shape index (κ3) is 4.18. The molecule has 1 aromatic carbocycles. The third-order valence-electron chi connectivity index (χ3n) is 2.08. The van der Waals surface area contributed by atoms with E-state index in [0.29, 0.717) is 4.47 Å². The number of alkyl halides is 3. The molecule has 0 bridgehead atoms. The monoisotopic (exact) mass is 313 g/mol. The molecular weight excluding hydrogens is 303 g/mol. The second kappa shape index (κ2) is 5.24. The van der Waals surface area contributed by atoms with E-state index in [1.54, 1.807) is 0 Å². The molecule has 3 nitrogen and oxygen atoms in total. The summed E-state index contributed by atoms with van der Waals surface area (Å²) in [6, 6.07) is 2.98. The fraction of sp³-hybridized carbons (Fsp3) is 0.400. The number of hydrogen-bond donors (Lipinski definition) is 2. The molecule has 0 spiro atoms. The van der Waals surface area contributed by atoms with Crippen LogP contribution in [0.3, 0.4) is 0 Å². The van der Waals surface area contributed by atoms with Gasteiger partial charge >= 0.3 is 6.36 Å². The largest absolute Gasteiger partial charge is 0.573 e. The quantitative estimate of drug-likeness (QED) is 0.902. The lowest BCUT2D eigenvalue weighted by atomic mass is 10.0. The Labute approximate surface area is 105 Å². The van der Waals surface area contributed by atoms with Gasteiger partial charge in [-0.25, -0.2) is 0 Å². The van der Waals surface area contributed by atoms with E-state index in [4.69, 9.17) is 5.73 Å². The van der Waals surface area contributed by atoms with Crippen molar-refractivity contribution in [3.05, 3.63) is 28.2 Å². The summed E-state index contributed by atoms with van der Waals surface area (Å²) in [4.78, 5) is 0. The molecular formula is C10H11BrF3NO2. The zero-order chi connectivity index (χ0) is 13.2. The van der Waals surface area contributed by atoms with Crippen molar-refractivity contribution in [3.8, 4) is 5.75 Å². The Balaban J connectivity index is 3.12. The van der Waals surface area contributed by atoms with Crippen molar-refractivity contribution in [3.63, 3.8) is 0 Å². The number of aliphatic hydroxyl groups is 1. The molecule has 0 aliphatic carbocycles. The summed E-state index contributed by atoms with van der Waals surface area (Å²) >= 11 is 3.12. The summed E-state index contributed by atoms with van der Waals surface area (Å²) in [5.41, 5.74) is 5.70. The molecule has 3 N–H and O–H groups in total. The van der Waals surface area contributed by atoms with Crippen molar-refractivity contribution >= 4 is 15.9 Å². The average molecular weight is 314 g/mol. The van der Waals surface area contributed by atoms with Crippen molar-refractivity contribution in [2.24, 2.45) is 5.73 Å². The molecule has 0 saturated heterocycles. The molecule has 0 aliphatic rings. The van der Waals surface area contributed by atoms with Crippen LogP contribution in [0.4, 0.5) is 13.2 Å². The van der Waals surface area contributed by atoms with Crippen LogP contribution < -0.4 is 10.5 Å². The number of ether oxygens (including phenoxy) is 1. The summed E-state index contributed by atoms with van der Waals surface area (Å²) in [5, 5.41) is 9.31. The van der Waals surface area contributed by atoms with E-state index in [1.807, 2.05) is 0 Å². The lowest BCUT2D eigenvalue weighted by Crippen LogP contribution is -2.26. The van der Waals surface area contributed by atoms with Crippen LogP contribution in [-0.4, -0.2) is 17.6 Å². The van der Waals surface area contributed by atoms with Gasteiger partial charge in [-0.15, -0.1) is 13.2 Å². The van der Waals surface area contributed by atoms with Crippen molar-refractivity contribution in [2.45, 2.75) is 25.4 Å². The zero-order valence-corrected chi connectivity index (χ0v) is 10.4. The van der Waals surface area contributed by atoms with Crippen molar-refractivity contribution < 1.29 is 23.0 Å². The van der Waals surface area contributed by atoms with Crippen LogP contribution in [0.25, 0.3) is 0 Å². The highest BCUT2D eigenvalue weighted by molar-refractivity contribution is 9.10. The molecule has 0 unspecified atom stereocenters. The molecule has 0 aromatic heterocycles.